The Morgan fingerprint density at radius 1 is 0.307 bits per heavy atom. The van der Waals surface area contributed by atoms with Gasteiger partial charge in [0.05, 0.1) is 65.9 Å². The molecular formula is C81H120N6O50. The predicted molar refractivity (Wildman–Crippen MR) is 434 cm³/mol. The van der Waals surface area contributed by atoms with Crippen molar-refractivity contribution in [2.75, 3.05) is 66.1 Å². The zero-order chi connectivity index (χ0) is 99.9. The van der Waals surface area contributed by atoms with Crippen molar-refractivity contribution < 1.29 is 246 Å². The van der Waals surface area contributed by atoms with Gasteiger partial charge in [0.15, 0.2) is 56.5 Å². The molecule has 56 nitrogen and oxygen atoms in total. The molecule has 46 unspecified atom stereocenters. The van der Waals surface area contributed by atoms with Crippen LogP contribution in [0.3, 0.4) is 0 Å². The third kappa shape index (κ3) is 24.2. The number of carbonyl (C=O) groups excluding carboxylic acids is 6. The highest BCUT2D eigenvalue weighted by atomic mass is 16.8. The van der Waals surface area contributed by atoms with Crippen LogP contribution in [0.4, 0.5) is 4.79 Å². The number of ether oxygens (including phenoxy) is 18. The van der Waals surface area contributed by atoms with Gasteiger partial charge in [0.25, 0.3) is 0 Å². The first-order valence-electron chi connectivity index (χ1n) is 43.7. The monoisotopic (exact) mass is 1980 g/mol. The number of aliphatic hydroxyl groups excluding tert-OH is 24. The van der Waals surface area contributed by atoms with Crippen molar-refractivity contribution >= 4 is 41.6 Å². The lowest BCUT2D eigenvalue weighted by Crippen LogP contribution is -2.72. The summed E-state index contributed by atoms with van der Waals surface area (Å²) in [4.78, 5) is 92.2. The number of rotatable bonds is 36. The van der Waals surface area contributed by atoms with Crippen LogP contribution in [-0.2, 0) is 114 Å². The number of carboxylic acid groups (broad SMARTS) is 1. The number of aliphatic carboxylic acids is 1. The summed E-state index contributed by atoms with van der Waals surface area (Å²) in [5.41, 5.74) is 3.41. The van der Waals surface area contributed by atoms with Crippen molar-refractivity contribution in [3.63, 3.8) is 0 Å². The molecule has 31 N–H and O–H groups in total. The molecule has 0 spiro atoms. The van der Waals surface area contributed by atoms with Gasteiger partial charge in [0, 0.05) is 33.6 Å². The van der Waals surface area contributed by atoms with Crippen LogP contribution in [-0.4, -0.2) is 517 Å². The first-order chi connectivity index (χ1) is 65.1. The van der Waals surface area contributed by atoms with E-state index in [0.29, 0.717) is 0 Å². The van der Waals surface area contributed by atoms with Gasteiger partial charge in [0.2, 0.25) is 29.5 Å². The summed E-state index contributed by atoms with van der Waals surface area (Å²) in [7, 11) is 0. The Morgan fingerprint density at radius 2 is 0.620 bits per heavy atom. The third-order valence-corrected chi connectivity index (χ3v) is 25.0. The molecule has 2 aromatic rings. The van der Waals surface area contributed by atoms with Gasteiger partial charge in [-0.2, -0.15) is 0 Å². The highest BCUT2D eigenvalue weighted by Crippen LogP contribution is 2.46. The maximum Gasteiger partial charge on any atom is 0.407 e. The van der Waals surface area contributed by atoms with Crippen molar-refractivity contribution in [2.45, 2.75) is 322 Å². The minimum Gasteiger partial charge on any atom is -0.480 e. The van der Waals surface area contributed by atoms with Gasteiger partial charge < -0.3 is 245 Å². The number of nitrogens with one attached hydrogen (secondary N) is 6. The first-order valence-corrected chi connectivity index (χ1v) is 43.7. The van der Waals surface area contributed by atoms with E-state index in [0.717, 1.165) is 49.9 Å². The van der Waals surface area contributed by atoms with E-state index in [1.165, 1.54) is 0 Å². The molecular weight excluding hydrogens is 1860 g/mol. The molecule has 2 aromatic carbocycles. The summed E-state index contributed by atoms with van der Waals surface area (Å²) < 4.78 is 108. The van der Waals surface area contributed by atoms with E-state index < -0.39 is 395 Å². The van der Waals surface area contributed by atoms with E-state index in [-0.39, 0.29) is 6.61 Å². The quantitative estimate of drug-likeness (QED) is 0.0301. The summed E-state index contributed by atoms with van der Waals surface area (Å²) in [5, 5.41) is 295. The topological polar surface area (TPSA) is 864 Å². The Hall–Kier alpha value is -7.11. The number of hydrogen-bond donors (Lipinski definition) is 31. The molecule has 0 bridgehead atoms. The van der Waals surface area contributed by atoms with E-state index in [1.807, 2.05) is 36.4 Å². The Bertz CT molecular complexity index is 4250. The number of benzene rings is 2. The normalized spacial score (nSPS) is 42.6. The lowest BCUT2D eigenvalue weighted by atomic mass is 9.93. The number of hydrogen-bond acceptors (Lipinski definition) is 49. The zero-order valence-electron chi connectivity index (χ0n) is 73.4. The van der Waals surface area contributed by atoms with Crippen LogP contribution in [0.25, 0.3) is 11.1 Å². The van der Waals surface area contributed by atoms with Gasteiger partial charge in [0.1, 0.15) is 232 Å². The van der Waals surface area contributed by atoms with E-state index in [1.54, 1.807) is 12.1 Å². The van der Waals surface area contributed by atoms with Gasteiger partial charge in [-0.05, 0) is 22.3 Å². The van der Waals surface area contributed by atoms with Gasteiger partial charge in [-0.1, -0.05) is 48.5 Å². The maximum absolute atomic E-state index is 13.9. The van der Waals surface area contributed by atoms with E-state index in [2.05, 4.69) is 31.9 Å². The fourth-order valence-corrected chi connectivity index (χ4v) is 18.0. The highest BCUT2D eigenvalue weighted by molar-refractivity contribution is 5.87. The van der Waals surface area contributed by atoms with Crippen LogP contribution < -0.4 is 31.9 Å². The van der Waals surface area contributed by atoms with E-state index >= 15 is 0 Å². The van der Waals surface area contributed by atoms with E-state index in [4.69, 9.17) is 85.3 Å². The van der Waals surface area contributed by atoms with Crippen LogP contribution >= 0.6 is 0 Å². The summed E-state index contributed by atoms with van der Waals surface area (Å²) in [6, 6.07) is 4.83. The fourth-order valence-electron chi connectivity index (χ4n) is 18.0. The first kappa shape index (κ1) is 109. The second-order valence-corrected chi connectivity index (χ2v) is 34.3. The van der Waals surface area contributed by atoms with Gasteiger partial charge in [-0.15, -0.1) is 0 Å². The molecule has 12 rings (SSSR count). The Morgan fingerprint density at radius 3 is 1.01 bits per heavy atom. The second kappa shape index (κ2) is 47.9. The molecule has 6 amide bonds. The van der Waals surface area contributed by atoms with Crippen molar-refractivity contribution in [3.8, 4) is 11.1 Å². The number of aliphatic hydroxyl groups is 24. The molecule has 9 saturated heterocycles. The van der Waals surface area contributed by atoms with Crippen molar-refractivity contribution in [3.05, 3.63) is 59.7 Å². The average Bonchev–Trinajstić information content (AvgIpc) is 1.76. The molecule has 56 heteroatoms. The molecule has 0 aromatic heterocycles. The lowest BCUT2D eigenvalue weighted by Gasteiger charge is -2.51. The molecule has 9 fully saturated rings. The third-order valence-electron chi connectivity index (χ3n) is 25.0. The highest BCUT2D eigenvalue weighted by Gasteiger charge is 2.62. The second-order valence-electron chi connectivity index (χ2n) is 34.3. The number of amides is 6. The van der Waals surface area contributed by atoms with Gasteiger partial charge in [-0.3, -0.25) is 24.0 Å². The molecule has 9 heterocycles. The lowest BCUT2D eigenvalue weighted by molar-refractivity contribution is -0.398. The largest absolute Gasteiger partial charge is 0.480 e. The molecule has 46 atom stereocenters. The van der Waals surface area contributed by atoms with Crippen LogP contribution in [0.1, 0.15) is 51.2 Å². The molecule has 1 aliphatic carbocycles. The van der Waals surface area contributed by atoms with E-state index in [9.17, 15) is 161 Å². The zero-order valence-corrected chi connectivity index (χ0v) is 73.4. The Kier molecular flexibility index (Phi) is 38.0. The minimum atomic E-state index is -2.65. The average molecular weight is 1980 g/mol. The van der Waals surface area contributed by atoms with Crippen LogP contribution in [0.15, 0.2) is 48.5 Å². The maximum atomic E-state index is 13.9. The smallest absolute Gasteiger partial charge is 0.407 e. The van der Waals surface area contributed by atoms with Crippen molar-refractivity contribution in [1.82, 2.24) is 31.9 Å². The van der Waals surface area contributed by atoms with Crippen molar-refractivity contribution in [2.24, 2.45) is 0 Å². The molecule has 10 aliphatic rings. The molecule has 137 heavy (non-hydrogen) atoms. The number of fused-ring (bicyclic) bond motifs is 3. The summed E-state index contributed by atoms with van der Waals surface area (Å²) in [6.07, 6.45) is -90.0. The Balaban J connectivity index is 0.821. The standard InChI is InChI=1S/C81H120N6O50/c1-24(96)82-44-53(106)64(38(18-92)122-71(44)87-43(100)13-33(72(117)118)86-81(119)121-22-32-30-11-7-5-9-28(30)29-10-6-8-12-31(29)32)131-73-45(83-25(2)97)54(107)67(41(21-95)127-73)134-78-63(116)68(135-80-70(60(113)51(104)37(17-91)126-80)137-75-47(85-27(4)99)56(109)66(40(20-94)129-75)133-77-62(115)58(111)49(102)35(15-89)124-77)52(105)42(130-78)23-120-79-69(59(112)50(103)36(16-90)125-79)136-74-46(84-26(3)98)55(108)65(39(19-93)128-74)132-76-61(114)57(110)48(101)34(14-88)123-76/h5-12,32-42,44-71,73-80,88-95,101-116H,13-23H2,1-4H3,(H,82,96)(H,83,97)(H,84,98)(H,85,99)(H,86,119)(H,87,100)(H,117,118). The number of alkyl carbamates (subject to hydrolysis) is 1. The minimum absolute atomic E-state index is 0.261. The molecule has 9 aliphatic heterocycles. The Labute approximate surface area is 776 Å². The fraction of sp³-hybridized carbons (Fsp3) is 0.765. The predicted octanol–water partition coefficient (Wildman–Crippen LogP) is -17.5. The molecule has 0 saturated carbocycles. The SMILES string of the molecule is CC(=O)NC1C(NC(=O)CC(NC(=O)OCC2c3ccccc3-c3ccccc32)C(=O)O)OC(CO)C(OC2OC(CO)C(OC3OC(COC4OC(CO)C(O)C(O)C4OC4OC(CO)C(OC5OC(CO)C(O)C(O)C5O)C(O)C4NC(C)=O)C(O)C(OC4OC(CO)C(O)C(O)C4OC4OC(CO)C(OC5OC(CO)C(O)C(O)C5O)C(O)C4NC(C)=O)C3O)C(O)C2NC(C)=O)C1O. The van der Waals surface area contributed by atoms with Crippen LogP contribution in [0.5, 0.6) is 0 Å². The number of carbonyl (C=O) groups is 7. The molecule has 0 radical (unpaired) electrons. The number of carboxylic acids is 1. The summed E-state index contributed by atoms with van der Waals surface area (Å²) >= 11 is 0. The van der Waals surface area contributed by atoms with Crippen LogP contribution in [0, 0.1) is 0 Å². The van der Waals surface area contributed by atoms with Crippen LogP contribution in [0.2, 0.25) is 0 Å². The summed E-state index contributed by atoms with van der Waals surface area (Å²) in [5.74, 6) is -7.28. The van der Waals surface area contributed by atoms with Gasteiger partial charge in [-0.25, -0.2) is 9.59 Å². The molecule has 774 valence electrons. The van der Waals surface area contributed by atoms with Gasteiger partial charge >= 0.3 is 12.1 Å². The summed E-state index contributed by atoms with van der Waals surface area (Å²) in [6.45, 7) is -6.91. The van der Waals surface area contributed by atoms with Crippen molar-refractivity contribution in [1.29, 1.82) is 0 Å².